The molecule has 0 radical (unpaired) electrons. The Balaban J connectivity index is 2.04. The topological polar surface area (TPSA) is 43.9 Å². The number of nitrogens with zero attached hydrogens (tertiary/aromatic N) is 3. The number of benzene rings is 1. The van der Waals surface area contributed by atoms with Gasteiger partial charge in [-0.2, -0.15) is 0 Å². The van der Waals surface area contributed by atoms with Crippen LogP contribution in [0.3, 0.4) is 0 Å². The van der Waals surface area contributed by atoms with Crippen molar-refractivity contribution in [3.63, 3.8) is 0 Å². The molecule has 1 saturated heterocycles. The fourth-order valence-electron chi connectivity index (χ4n) is 3.37. The van der Waals surface area contributed by atoms with Crippen LogP contribution in [0.15, 0.2) is 24.3 Å². The predicted molar refractivity (Wildman–Crippen MR) is 103 cm³/mol. The molecule has 1 unspecified atom stereocenters. The Bertz CT molecular complexity index is 581. The second-order valence-corrected chi connectivity index (χ2v) is 6.71. The van der Waals surface area contributed by atoms with Crippen molar-refractivity contribution < 1.29 is 9.59 Å². The average Bonchev–Trinajstić information content (AvgIpc) is 3.02. The van der Waals surface area contributed by atoms with Crippen molar-refractivity contribution in [3.05, 3.63) is 24.3 Å². The number of amides is 2. The third-order valence-electron chi connectivity index (χ3n) is 4.99. The van der Waals surface area contributed by atoms with Crippen LogP contribution in [-0.4, -0.2) is 49.9 Å². The first kappa shape index (κ1) is 19.3. The van der Waals surface area contributed by atoms with E-state index in [1.165, 1.54) is 0 Å². The van der Waals surface area contributed by atoms with Crippen molar-refractivity contribution in [1.82, 2.24) is 4.90 Å². The maximum atomic E-state index is 12.5. The first-order valence-corrected chi connectivity index (χ1v) is 9.42. The van der Waals surface area contributed by atoms with E-state index >= 15 is 0 Å². The Morgan fingerprint density at radius 1 is 1.16 bits per heavy atom. The standard InChI is InChI=1S/C20H31N3O2/c1-5-8-13-21(4)20(25)16-14-19(24)23(15-16)18-11-9-17(10-12-18)22(6-2)7-3/h9-12,16H,5-8,13-15H2,1-4H3. The number of hydrogen-bond donors (Lipinski definition) is 0. The summed E-state index contributed by atoms with van der Waals surface area (Å²) in [4.78, 5) is 30.7. The number of carbonyl (C=O) groups excluding carboxylic acids is 2. The molecule has 0 aliphatic carbocycles. The number of hydrogen-bond acceptors (Lipinski definition) is 3. The summed E-state index contributed by atoms with van der Waals surface area (Å²) in [6.45, 7) is 9.54. The first-order chi connectivity index (χ1) is 12.0. The molecular formula is C20H31N3O2. The third kappa shape index (κ3) is 4.53. The monoisotopic (exact) mass is 345 g/mol. The van der Waals surface area contributed by atoms with Gasteiger partial charge in [0.1, 0.15) is 0 Å². The molecule has 25 heavy (non-hydrogen) atoms. The van der Waals surface area contributed by atoms with Gasteiger partial charge in [-0.25, -0.2) is 0 Å². The van der Waals surface area contributed by atoms with Gasteiger partial charge in [-0.1, -0.05) is 13.3 Å². The van der Waals surface area contributed by atoms with E-state index in [4.69, 9.17) is 0 Å². The van der Waals surface area contributed by atoms with Crippen molar-refractivity contribution in [2.75, 3.05) is 43.0 Å². The molecule has 5 heteroatoms. The van der Waals surface area contributed by atoms with Crippen LogP contribution in [0, 0.1) is 5.92 Å². The Morgan fingerprint density at radius 2 is 1.80 bits per heavy atom. The fourth-order valence-corrected chi connectivity index (χ4v) is 3.37. The highest BCUT2D eigenvalue weighted by molar-refractivity contribution is 6.00. The Kier molecular flexibility index (Phi) is 6.85. The maximum Gasteiger partial charge on any atom is 0.227 e. The number of carbonyl (C=O) groups is 2. The summed E-state index contributed by atoms with van der Waals surface area (Å²) >= 11 is 0. The molecule has 1 atom stereocenters. The van der Waals surface area contributed by atoms with Crippen molar-refractivity contribution >= 4 is 23.2 Å². The molecule has 0 saturated carbocycles. The third-order valence-corrected chi connectivity index (χ3v) is 4.99. The molecule has 1 heterocycles. The molecule has 1 aromatic carbocycles. The van der Waals surface area contributed by atoms with Crippen LogP contribution in [0.5, 0.6) is 0 Å². The molecule has 2 rings (SSSR count). The van der Waals surface area contributed by atoms with E-state index in [9.17, 15) is 9.59 Å². The summed E-state index contributed by atoms with van der Waals surface area (Å²) in [6.07, 6.45) is 2.37. The zero-order chi connectivity index (χ0) is 18.4. The minimum absolute atomic E-state index is 0.0397. The molecular weight excluding hydrogens is 314 g/mol. The largest absolute Gasteiger partial charge is 0.372 e. The van der Waals surface area contributed by atoms with Crippen LogP contribution in [-0.2, 0) is 9.59 Å². The zero-order valence-electron chi connectivity index (χ0n) is 16.0. The number of anilines is 2. The Hall–Kier alpha value is -2.04. The lowest BCUT2D eigenvalue weighted by atomic mass is 10.1. The minimum atomic E-state index is -0.225. The Labute approximate surface area is 151 Å². The van der Waals surface area contributed by atoms with Crippen LogP contribution in [0.1, 0.15) is 40.0 Å². The van der Waals surface area contributed by atoms with Crippen molar-refractivity contribution in [2.24, 2.45) is 5.92 Å². The molecule has 0 N–H and O–H groups in total. The van der Waals surface area contributed by atoms with Gasteiger partial charge in [-0.3, -0.25) is 9.59 Å². The van der Waals surface area contributed by atoms with Crippen LogP contribution in [0.2, 0.25) is 0 Å². The summed E-state index contributed by atoms with van der Waals surface area (Å²) < 4.78 is 0. The van der Waals surface area contributed by atoms with Gasteiger partial charge < -0.3 is 14.7 Å². The molecule has 2 amide bonds. The van der Waals surface area contributed by atoms with Gasteiger partial charge in [0, 0.05) is 51.0 Å². The van der Waals surface area contributed by atoms with Gasteiger partial charge >= 0.3 is 0 Å². The molecule has 0 bridgehead atoms. The normalized spacial score (nSPS) is 17.0. The van der Waals surface area contributed by atoms with Gasteiger partial charge in [0.05, 0.1) is 5.92 Å². The lowest BCUT2D eigenvalue weighted by Gasteiger charge is -2.23. The van der Waals surface area contributed by atoms with Crippen LogP contribution in [0.4, 0.5) is 11.4 Å². The molecule has 1 fully saturated rings. The summed E-state index contributed by atoms with van der Waals surface area (Å²) in [7, 11) is 1.84. The van der Waals surface area contributed by atoms with Crippen LogP contribution >= 0.6 is 0 Å². The van der Waals surface area contributed by atoms with Gasteiger partial charge in [-0.15, -0.1) is 0 Å². The molecule has 1 aliphatic rings. The average molecular weight is 345 g/mol. The van der Waals surface area contributed by atoms with E-state index < -0.39 is 0 Å². The summed E-state index contributed by atoms with van der Waals surface area (Å²) in [6, 6.07) is 8.08. The van der Waals surface area contributed by atoms with Gasteiger partial charge in [0.25, 0.3) is 0 Å². The molecule has 138 valence electrons. The molecule has 0 spiro atoms. The van der Waals surface area contributed by atoms with Crippen LogP contribution < -0.4 is 9.80 Å². The SMILES string of the molecule is CCCCN(C)C(=O)C1CC(=O)N(c2ccc(N(CC)CC)cc2)C1. The summed E-state index contributed by atoms with van der Waals surface area (Å²) in [5.41, 5.74) is 2.04. The van der Waals surface area contributed by atoms with E-state index in [2.05, 4.69) is 37.8 Å². The zero-order valence-corrected chi connectivity index (χ0v) is 16.0. The first-order valence-electron chi connectivity index (χ1n) is 9.42. The van der Waals surface area contributed by atoms with Crippen molar-refractivity contribution in [1.29, 1.82) is 0 Å². The Morgan fingerprint density at radius 3 is 2.36 bits per heavy atom. The molecule has 1 aliphatic heterocycles. The van der Waals surface area contributed by atoms with Gasteiger partial charge in [0.15, 0.2) is 0 Å². The van der Waals surface area contributed by atoms with E-state index in [1.807, 2.05) is 19.2 Å². The van der Waals surface area contributed by atoms with Crippen LogP contribution in [0.25, 0.3) is 0 Å². The summed E-state index contributed by atoms with van der Waals surface area (Å²) in [5, 5.41) is 0. The van der Waals surface area contributed by atoms with Gasteiger partial charge in [-0.05, 0) is 44.5 Å². The van der Waals surface area contributed by atoms with E-state index in [0.29, 0.717) is 13.0 Å². The molecule has 0 aromatic heterocycles. The van der Waals surface area contributed by atoms with E-state index in [1.54, 1.807) is 9.80 Å². The summed E-state index contributed by atoms with van der Waals surface area (Å²) in [5.74, 6) is -0.0984. The second-order valence-electron chi connectivity index (χ2n) is 6.71. The van der Waals surface area contributed by atoms with Crippen molar-refractivity contribution in [3.8, 4) is 0 Å². The maximum absolute atomic E-state index is 12.5. The molecule has 5 nitrogen and oxygen atoms in total. The highest BCUT2D eigenvalue weighted by Gasteiger charge is 2.36. The van der Waals surface area contributed by atoms with Crippen molar-refractivity contribution in [2.45, 2.75) is 40.0 Å². The minimum Gasteiger partial charge on any atom is -0.372 e. The number of unbranched alkanes of at least 4 members (excludes halogenated alkanes) is 1. The van der Waals surface area contributed by atoms with Gasteiger partial charge in [0.2, 0.25) is 11.8 Å². The smallest absolute Gasteiger partial charge is 0.227 e. The number of rotatable bonds is 8. The second kappa shape index (κ2) is 8.88. The highest BCUT2D eigenvalue weighted by Crippen LogP contribution is 2.28. The molecule has 1 aromatic rings. The lowest BCUT2D eigenvalue weighted by molar-refractivity contribution is -0.134. The fraction of sp³-hybridized carbons (Fsp3) is 0.600. The van der Waals surface area contributed by atoms with E-state index in [0.717, 1.165) is 43.9 Å². The van der Waals surface area contributed by atoms with E-state index in [-0.39, 0.29) is 17.7 Å². The highest BCUT2D eigenvalue weighted by atomic mass is 16.2. The predicted octanol–water partition coefficient (Wildman–Crippen LogP) is 3.14. The lowest BCUT2D eigenvalue weighted by Crippen LogP contribution is -2.35. The quantitative estimate of drug-likeness (QED) is 0.727.